The van der Waals surface area contributed by atoms with Crippen molar-refractivity contribution in [2.24, 2.45) is 5.73 Å². The van der Waals surface area contributed by atoms with Crippen molar-refractivity contribution in [3.8, 4) is 22.4 Å². The minimum atomic E-state index is -1.16. The summed E-state index contributed by atoms with van der Waals surface area (Å²) < 4.78 is 31.5. The lowest BCUT2D eigenvalue weighted by molar-refractivity contribution is 0.0739. The second-order valence-corrected chi connectivity index (χ2v) is 7.91. The van der Waals surface area contributed by atoms with Gasteiger partial charge in [-0.1, -0.05) is 0 Å². The van der Waals surface area contributed by atoms with Crippen LogP contribution in [-0.4, -0.2) is 25.4 Å². The number of thiophene rings is 1. The van der Waals surface area contributed by atoms with E-state index in [1.165, 1.54) is 22.7 Å². The average Bonchev–Trinajstić information content (AvgIpc) is 3.28. The molecule has 6 nitrogen and oxygen atoms in total. The number of carbonyl (C=O) groups excluding carboxylic acids is 1. The normalized spacial score (nSPS) is 11.9. The number of aromatic nitrogens is 3. The summed E-state index contributed by atoms with van der Waals surface area (Å²) in [4.78, 5) is 20.2. The quantitative estimate of drug-likeness (QED) is 0.532. The largest absolute Gasteiger partial charge is 0.384 e. The molecule has 0 unspecified atom stereocenters. The van der Waals surface area contributed by atoms with E-state index < -0.39 is 23.1 Å². The number of hydrogen-bond donors (Lipinski definition) is 2. The van der Waals surface area contributed by atoms with Crippen LogP contribution in [-0.2, 0) is 5.60 Å². The Kier molecular flexibility index (Phi) is 4.44. The van der Waals surface area contributed by atoms with Crippen molar-refractivity contribution >= 4 is 23.0 Å². The Hall–Kier alpha value is -3.17. The lowest BCUT2D eigenvalue weighted by atomic mass is 10.00. The second-order valence-electron chi connectivity index (χ2n) is 7.00. The molecule has 0 aliphatic rings. The van der Waals surface area contributed by atoms with Crippen molar-refractivity contribution < 1.29 is 18.7 Å². The number of halogens is 2. The van der Waals surface area contributed by atoms with Crippen molar-refractivity contribution in [3.63, 3.8) is 0 Å². The SMILES string of the molecule is CC(C)(O)c1ccn2c(-c3ccc(F)c(-c4ccsc4C(N)=O)c3F)cnc2n1. The maximum atomic E-state index is 15.4. The molecule has 3 aromatic heterocycles. The summed E-state index contributed by atoms with van der Waals surface area (Å²) in [5.74, 6) is -2.13. The second kappa shape index (κ2) is 6.71. The molecule has 0 bridgehead atoms. The summed E-state index contributed by atoms with van der Waals surface area (Å²) in [6.45, 7) is 3.19. The number of carbonyl (C=O) groups is 1. The van der Waals surface area contributed by atoms with E-state index in [4.69, 9.17) is 5.73 Å². The molecule has 29 heavy (non-hydrogen) atoms. The van der Waals surface area contributed by atoms with Gasteiger partial charge >= 0.3 is 0 Å². The minimum absolute atomic E-state index is 0.0783. The molecule has 148 valence electrons. The number of imidazole rings is 1. The number of nitrogens with two attached hydrogens (primary N) is 1. The highest BCUT2D eigenvalue weighted by molar-refractivity contribution is 7.12. The van der Waals surface area contributed by atoms with E-state index in [0.717, 1.165) is 17.4 Å². The summed E-state index contributed by atoms with van der Waals surface area (Å²) in [5.41, 5.74) is 4.81. The van der Waals surface area contributed by atoms with Crippen LogP contribution in [0.2, 0.25) is 0 Å². The number of fused-ring (bicyclic) bond motifs is 1. The molecule has 0 saturated heterocycles. The minimum Gasteiger partial charge on any atom is -0.384 e. The van der Waals surface area contributed by atoms with Crippen LogP contribution in [0.25, 0.3) is 28.2 Å². The fourth-order valence-electron chi connectivity index (χ4n) is 3.11. The Morgan fingerprint density at radius 2 is 1.97 bits per heavy atom. The number of hydrogen-bond acceptors (Lipinski definition) is 5. The van der Waals surface area contributed by atoms with Gasteiger partial charge in [0.2, 0.25) is 5.78 Å². The molecule has 0 aliphatic heterocycles. The topological polar surface area (TPSA) is 93.5 Å². The number of primary amides is 1. The predicted octanol–water partition coefficient (Wildman–Crippen LogP) is 3.73. The first-order valence-electron chi connectivity index (χ1n) is 8.61. The summed E-state index contributed by atoms with van der Waals surface area (Å²) >= 11 is 1.02. The van der Waals surface area contributed by atoms with Gasteiger partial charge in [0.15, 0.2) is 0 Å². The number of rotatable bonds is 4. The first-order chi connectivity index (χ1) is 13.7. The Labute approximate surface area is 168 Å². The van der Waals surface area contributed by atoms with E-state index >= 15 is 4.39 Å². The molecule has 0 atom stereocenters. The lowest BCUT2D eigenvalue weighted by Crippen LogP contribution is -2.18. The zero-order chi connectivity index (χ0) is 20.9. The molecule has 0 fully saturated rings. The van der Waals surface area contributed by atoms with Gasteiger partial charge in [-0.25, -0.2) is 18.7 Å². The maximum Gasteiger partial charge on any atom is 0.259 e. The highest BCUT2D eigenvalue weighted by Gasteiger charge is 2.24. The smallest absolute Gasteiger partial charge is 0.259 e. The van der Waals surface area contributed by atoms with Gasteiger partial charge in [0.1, 0.15) is 17.2 Å². The third-order valence-electron chi connectivity index (χ3n) is 4.53. The van der Waals surface area contributed by atoms with Gasteiger partial charge in [-0.05, 0) is 43.5 Å². The zero-order valence-corrected chi connectivity index (χ0v) is 16.3. The Balaban J connectivity index is 1.91. The summed E-state index contributed by atoms with van der Waals surface area (Å²) in [7, 11) is 0. The van der Waals surface area contributed by atoms with Gasteiger partial charge in [-0.3, -0.25) is 9.20 Å². The first kappa shape index (κ1) is 19.2. The van der Waals surface area contributed by atoms with Crippen molar-refractivity contribution in [2.45, 2.75) is 19.4 Å². The summed E-state index contributed by atoms with van der Waals surface area (Å²) in [5, 5.41) is 11.7. The number of nitrogens with zero attached hydrogens (tertiary/aromatic N) is 3. The van der Waals surface area contributed by atoms with Crippen LogP contribution in [0.3, 0.4) is 0 Å². The van der Waals surface area contributed by atoms with Gasteiger partial charge in [0, 0.05) is 17.3 Å². The zero-order valence-electron chi connectivity index (χ0n) is 15.5. The van der Waals surface area contributed by atoms with Gasteiger partial charge < -0.3 is 10.8 Å². The standard InChI is InChI=1S/C20H16F2N4O2S/c1-20(2,28)14-5-7-26-13(9-24-19(26)25-14)10-3-4-12(21)15(16(10)22)11-6-8-29-17(11)18(23)27/h3-9,28H,1-2H3,(H2,23,27). The van der Waals surface area contributed by atoms with E-state index in [1.807, 2.05) is 0 Å². The van der Waals surface area contributed by atoms with Crippen molar-refractivity contribution in [2.75, 3.05) is 0 Å². The van der Waals surface area contributed by atoms with Gasteiger partial charge in [-0.15, -0.1) is 11.3 Å². The fourth-order valence-corrected chi connectivity index (χ4v) is 3.86. The van der Waals surface area contributed by atoms with Crippen LogP contribution in [0.15, 0.2) is 42.0 Å². The van der Waals surface area contributed by atoms with Gasteiger partial charge in [0.05, 0.1) is 28.0 Å². The van der Waals surface area contributed by atoms with Gasteiger partial charge in [0.25, 0.3) is 5.91 Å². The third kappa shape index (κ3) is 3.18. The van der Waals surface area contributed by atoms with Crippen LogP contribution < -0.4 is 5.73 Å². The van der Waals surface area contributed by atoms with E-state index in [-0.39, 0.29) is 27.3 Å². The van der Waals surface area contributed by atoms with E-state index in [1.54, 1.807) is 31.5 Å². The molecule has 3 N–H and O–H groups in total. The predicted molar refractivity (Wildman–Crippen MR) is 105 cm³/mol. The first-order valence-corrected chi connectivity index (χ1v) is 9.49. The van der Waals surface area contributed by atoms with Crippen molar-refractivity contribution in [1.29, 1.82) is 0 Å². The molecule has 0 saturated carbocycles. The highest BCUT2D eigenvalue weighted by atomic mass is 32.1. The average molecular weight is 414 g/mol. The molecule has 4 aromatic rings. The molecular weight excluding hydrogens is 398 g/mol. The van der Waals surface area contributed by atoms with Crippen LogP contribution in [0, 0.1) is 11.6 Å². The third-order valence-corrected chi connectivity index (χ3v) is 5.46. The van der Waals surface area contributed by atoms with Crippen LogP contribution in [0.1, 0.15) is 29.2 Å². The number of benzene rings is 1. The Morgan fingerprint density at radius 3 is 2.66 bits per heavy atom. The van der Waals surface area contributed by atoms with Crippen molar-refractivity contribution in [3.05, 3.63) is 64.2 Å². The van der Waals surface area contributed by atoms with Crippen LogP contribution in [0.4, 0.5) is 8.78 Å². The van der Waals surface area contributed by atoms with Gasteiger partial charge in [-0.2, -0.15) is 0 Å². The van der Waals surface area contributed by atoms with E-state index in [2.05, 4.69) is 9.97 Å². The molecule has 0 spiro atoms. The summed E-state index contributed by atoms with van der Waals surface area (Å²) in [6.07, 6.45) is 3.03. The van der Waals surface area contributed by atoms with E-state index in [0.29, 0.717) is 11.4 Å². The van der Waals surface area contributed by atoms with Crippen molar-refractivity contribution in [1.82, 2.24) is 14.4 Å². The monoisotopic (exact) mass is 414 g/mol. The molecule has 0 aliphatic carbocycles. The van der Waals surface area contributed by atoms with E-state index in [9.17, 15) is 14.3 Å². The number of aliphatic hydroxyl groups is 1. The molecule has 0 radical (unpaired) electrons. The molecular formula is C20H16F2N4O2S. The Bertz CT molecular complexity index is 1260. The lowest BCUT2D eigenvalue weighted by Gasteiger charge is -2.16. The maximum absolute atomic E-state index is 15.4. The number of amides is 1. The van der Waals surface area contributed by atoms with Crippen LogP contribution >= 0.6 is 11.3 Å². The molecule has 9 heteroatoms. The Morgan fingerprint density at radius 1 is 1.21 bits per heavy atom. The summed E-state index contributed by atoms with van der Waals surface area (Å²) in [6, 6.07) is 5.50. The highest BCUT2D eigenvalue weighted by Crippen LogP contribution is 2.36. The van der Waals surface area contributed by atoms with Crippen LogP contribution in [0.5, 0.6) is 0 Å². The molecule has 1 aromatic carbocycles. The molecule has 1 amide bonds. The molecule has 3 heterocycles. The fraction of sp³-hybridized carbons (Fsp3) is 0.150. The molecule has 4 rings (SSSR count).